The van der Waals surface area contributed by atoms with Crippen LogP contribution < -0.4 is 9.80 Å². The van der Waals surface area contributed by atoms with Gasteiger partial charge in [0.1, 0.15) is 6.04 Å². The van der Waals surface area contributed by atoms with Crippen molar-refractivity contribution in [3.05, 3.63) is 72.8 Å². The Balaban J connectivity index is 1.88. The lowest BCUT2D eigenvalue weighted by atomic mass is 10.1. The van der Waals surface area contributed by atoms with Gasteiger partial charge >= 0.3 is 0 Å². The summed E-state index contributed by atoms with van der Waals surface area (Å²) in [6.07, 6.45) is 3.70. The van der Waals surface area contributed by atoms with E-state index in [1.165, 1.54) is 0 Å². The number of likely N-dealkylation sites (N-methyl/N-ethyl adjacent to an activating group) is 2. The molecule has 1 aliphatic rings. The molecule has 3 rings (SSSR count). The van der Waals surface area contributed by atoms with E-state index < -0.39 is 0 Å². The van der Waals surface area contributed by atoms with Gasteiger partial charge in [0.05, 0.1) is 6.04 Å². The molecule has 0 bridgehead atoms. The summed E-state index contributed by atoms with van der Waals surface area (Å²) in [5.41, 5.74) is 2.16. The van der Waals surface area contributed by atoms with E-state index in [9.17, 15) is 4.79 Å². The van der Waals surface area contributed by atoms with Crippen molar-refractivity contribution >= 4 is 17.2 Å². The Hall–Kier alpha value is -2.55. The number of anilines is 2. The molecule has 0 heterocycles. The molecular formula is C19H20N2O. The summed E-state index contributed by atoms with van der Waals surface area (Å²) >= 11 is 0. The highest BCUT2D eigenvalue weighted by Crippen LogP contribution is 2.26. The highest BCUT2D eigenvalue weighted by atomic mass is 16.1. The second kappa shape index (κ2) is 6.06. The van der Waals surface area contributed by atoms with Crippen molar-refractivity contribution in [3.8, 4) is 0 Å². The Kier molecular flexibility index (Phi) is 3.96. The Labute approximate surface area is 131 Å². The van der Waals surface area contributed by atoms with Crippen LogP contribution in [0.15, 0.2) is 72.8 Å². The first-order valence-corrected chi connectivity index (χ1v) is 7.46. The first kappa shape index (κ1) is 14.4. The molecule has 1 aliphatic carbocycles. The van der Waals surface area contributed by atoms with E-state index >= 15 is 0 Å². The second-order valence-electron chi connectivity index (χ2n) is 5.59. The van der Waals surface area contributed by atoms with Crippen molar-refractivity contribution in [2.45, 2.75) is 12.1 Å². The van der Waals surface area contributed by atoms with Crippen LogP contribution in [0.5, 0.6) is 0 Å². The molecule has 3 nitrogen and oxygen atoms in total. The van der Waals surface area contributed by atoms with E-state index in [-0.39, 0.29) is 17.9 Å². The number of hydrogen-bond donors (Lipinski definition) is 0. The minimum Gasteiger partial charge on any atom is -0.366 e. The maximum Gasteiger partial charge on any atom is 0.180 e. The van der Waals surface area contributed by atoms with Crippen LogP contribution in [0.3, 0.4) is 0 Å². The lowest BCUT2D eigenvalue weighted by Crippen LogP contribution is -2.50. The molecule has 22 heavy (non-hydrogen) atoms. The highest BCUT2D eigenvalue weighted by Gasteiger charge is 2.36. The van der Waals surface area contributed by atoms with E-state index in [2.05, 4.69) is 21.9 Å². The van der Waals surface area contributed by atoms with Crippen LogP contribution in [0.1, 0.15) is 0 Å². The van der Waals surface area contributed by atoms with Crippen molar-refractivity contribution < 1.29 is 4.79 Å². The fourth-order valence-corrected chi connectivity index (χ4v) is 2.99. The maximum absolute atomic E-state index is 12.4. The van der Waals surface area contributed by atoms with Crippen molar-refractivity contribution in [3.63, 3.8) is 0 Å². The molecule has 0 saturated carbocycles. The van der Waals surface area contributed by atoms with Crippen LogP contribution in [0, 0.1) is 0 Å². The van der Waals surface area contributed by atoms with Gasteiger partial charge in [0.15, 0.2) is 5.78 Å². The van der Waals surface area contributed by atoms with Crippen LogP contribution >= 0.6 is 0 Å². The third kappa shape index (κ3) is 2.62. The minimum atomic E-state index is -0.201. The zero-order valence-corrected chi connectivity index (χ0v) is 12.9. The smallest absolute Gasteiger partial charge is 0.180 e. The number of ketones is 1. The zero-order valence-electron chi connectivity index (χ0n) is 12.9. The number of nitrogens with zero attached hydrogens (tertiary/aromatic N) is 2. The van der Waals surface area contributed by atoms with E-state index in [0.29, 0.717) is 0 Å². The molecule has 0 fully saturated rings. The molecule has 3 heteroatoms. The third-order valence-corrected chi connectivity index (χ3v) is 4.26. The van der Waals surface area contributed by atoms with Gasteiger partial charge in [-0.1, -0.05) is 42.5 Å². The molecule has 2 aromatic carbocycles. The lowest BCUT2D eigenvalue weighted by Gasteiger charge is -2.36. The van der Waals surface area contributed by atoms with Gasteiger partial charge in [0, 0.05) is 25.5 Å². The van der Waals surface area contributed by atoms with Crippen molar-refractivity contribution in [2.24, 2.45) is 0 Å². The lowest BCUT2D eigenvalue weighted by molar-refractivity contribution is -0.115. The van der Waals surface area contributed by atoms with Gasteiger partial charge in [-0.15, -0.1) is 0 Å². The van der Waals surface area contributed by atoms with Crippen LogP contribution in [0.4, 0.5) is 11.4 Å². The van der Waals surface area contributed by atoms with Gasteiger partial charge in [-0.3, -0.25) is 4.79 Å². The van der Waals surface area contributed by atoms with Crippen molar-refractivity contribution in [1.82, 2.24) is 0 Å². The topological polar surface area (TPSA) is 23.6 Å². The number of benzene rings is 2. The predicted molar refractivity (Wildman–Crippen MR) is 91.4 cm³/mol. The molecule has 0 aliphatic heterocycles. The van der Waals surface area contributed by atoms with Crippen LogP contribution in [-0.2, 0) is 4.79 Å². The van der Waals surface area contributed by atoms with E-state index in [0.717, 1.165) is 11.4 Å². The van der Waals surface area contributed by atoms with Crippen LogP contribution in [0.2, 0.25) is 0 Å². The fraction of sp³-hybridized carbons (Fsp3) is 0.211. The summed E-state index contributed by atoms with van der Waals surface area (Å²) in [5, 5.41) is 0. The van der Waals surface area contributed by atoms with Crippen LogP contribution in [-0.4, -0.2) is 32.0 Å². The molecule has 112 valence electrons. The number of para-hydroxylation sites is 2. The summed E-state index contributed by atoms with van der Waals surface area (Å²) in [5.74, 6) is 0.152. The summed E-state index contributed by atoms with van der Waals surface area (Å²) in [7, 11) is 4.02. The first-order valence-electron chi connectivity index (χ1n) is 7.46. The quantitative estimate of drug-likeness (QED) is 0.865. The molecular weight excluding hydrogens is 272 g/mol. The Morgan fingerprint density at radius 3 is 1.82 bits per heavy atom. The first-order chi connectivity index (χ1) is 10.7. The van der Waals surface area contributed by atoms with Gasteiger partial charge in [0.25, 0.3) is 0 Å². The average Bonchev–Trinajstić information content (AvgIpc) is 2.96. The number of rotatable bonds is 4. The van der Waals surface area contributed by atoms with Crippen molar-refractivity contribution in [2.75, 3.05) is 23.9 Å². The molecule has 2 aromatic rings. The van der Waals surface area contributed by atoms with Crippen molar-refractivity contribution in [1.29, 1.82) is 0 Å². The monoisotopic (exact) mass is 292 g/mol. The summed E-state index contributed by atoms with van der Waals surface area (Å²) < 4.78 is 0. The molecule has 0 amide bonds. The molecule has 0 aromatic heterocycles. The highest BCUT2D eigenvalue weighted by molar-refractivity contribution is 6.00. The third-order valence-electron chi connectivity index (χ3n) is 4.26. The van der Waals surface area contributed by atoms with Gasteiger partial charge in [-0.05, 0) is 30.3 Å². The predicted octanol–water partition coefficient (Wildman–Crippen LogP) is 3.14. The Bertz CT molecular complexity index is 666. The van der Waals surface area contributed by atoms with Crippen LogP contribution in [0.25, 0.3) is 0 Å². The summed E-state index contributed by atoms with van der Waals surface area (Å²) in [6.45, 7) is 0. The maximum atomic E-state index is 12.4. The normalized spacial score (nSPS) is 20.2. The van der Waals surface area contributed by atoms with Gasteiger partial charge in [-0.2, -0.15) is 0 Å². The SMILES string of the molecule is CN(c1ccccc1)C1C=CC(=O)C1N(C)c1ccccc1. The fourth-order valence-electron chi connectivity index (χ4n) is 2.99. The largest absolute Gasteiger partial charge is 0.366 e. The van der Waals surface area contributed by atoms with E-state index in [4.69, 9.17) is 0 Å². The summed E-state index contributed by atoms with van der Waals surface area (Å²) in [6, 6.07) is 20.0. The number of carbonyl (C=O) groups excluding carboxylic acids is 1. The second-order valence-corrected chi connectivity index (χ2v) is 5.59. The molecule has 2 unspecified atom stereocenters. The minimum absolute atomic E-state index is 0.0279. The molecule has 0 radical (unpaired) electrons. The zero-order chi connectivity index (χ0) is 15.5. The Morgan fingerprint density at radius 1 is 0.773 bits per heavy atom. The van der Waals surface area contributed by atoms with Gasteiger partial charge < -0.3 is 9.80 Å². The van der Waals surface area contributed by atoms with E-state index in [1.54, 1.807) is 6.08 Å². The van der Waals surface area contributed by atoms with Gasteiger partial charge in [0.2, 0.25) is 0 Å². The van der Waals surface area contributed by atoms with E-state index in [1.807, 2.05) is 68.7 Å². The molecule has 2 atom stereocenters. The molecule has 0 saturated heterocycles. The number of carbonyl (C=O) groups is 1. The number of hydrogen-bond acceptors (Lipinski definition) is 3. The standard InChI is InChI=1S/C19H20N2O/c1-20(15-9-5-3-6-10-15)17-13-14-18(22)19(17)21(2)16-11-7-4-8-12-16/h3-14,17,19H,1-2H3. The van der Waals surface area contributed by atoms with Gasteiger partial charge in [-0.25, -0.2) is 0 Å². The summed E-state index contributed by atoms with van der Waals surface area (Å²) in [4.78, 5) is 16.6. The molecule has 0 N–H and O–H groups in total. The Morgan fingerprint density at radius 2 is 1.27 bits per heavy atom. The average molecular weight is 292 g/mol. The molecule has 0 spiro atoms.